The fraction of sp³-hybridized carbons (Fsp3) is 0.320. The average molecular weight is 476 g/mol. The van der Waals surface area contributed by atoms with Crippen LogP contribution in [0, 0.1) is 0 Å². The van der Waals surface area contributed by atoms with Gasteiger partial charge in [0, 0.05) is 35.4 Å². The van der Waals surface area contributed by atoms with Crippen molar-refractivity contribution in [3.63, 3.8) is 0 Å². The minimum absolute atomic E-state index is 0.0895. The van der Waals surface area contributed by atoms with Gasteiger partial charge in [0.1, 0.15) is 0 Å². The highest BCUT2D eigenvalue weighted by Crippen LogP contribution is 2.27. The van der Waals surface area contributed by atoms with E-state index in [0.29, 0.717) is 28.0 Å². The van der Waals surface area contributed by atoms with Crippen molar-refractivity contribution in [2.45, 2.75) is 45.3 Å². The largest absolute Gasteiger partial charge is 0.298 e. The molecule has 5 rings (SSSR count). The van der Waals surface area contributed by atoms with Crippen LogP contribution in [0.5, 0.6) is 0 Å². The first-order valence-corrected chi connectivity index (χ1v) is 12.2. The Morgan fingerprint density at radius 1 is 1.09 bits per heavy atom. The SMILES string of the molecule is CC1CCCCN1Cc1cnc(NC(=O)c2ccc3c(c2)C(=O)N(Cc2ccccn2)C3=O)s1. The number of anilines is 1. The van der Waals surface area contributed by atoms with Gasteiger partial charge in [-0.15, -0.1) is 11.3 Å². The normalized spacial score (nSPS) is 18.3. The Kier molecular flexibility index (Phi) is 6.21. The molecule has 2 aliphatic heterocycles. The fourth-order valence-electron chi connectivity index (χ4n) is 4.43. The van der Waals surface area contributed by atoms with Gasteiger partial charge < -0.3 is 0 Å². The number of rotatable bonds is 6. The van der Waals surface area contributed by atoms with Gasteiger partial charge in [0.05, 0.1) is 23.4 Å². The van der Waals surface area contributed by atoms with Crippen LogP contribution in [0.1, 0.15) is 67.8 Å². The molecule has 174 valence electrons. The molecular formula is C25H25N5O3S. The Labute approximate surface area is 201 Å². The number of hydrogen-bond donors (Lipinski definition) is 1. The van der Waals surface area contributed by atoms with E-state index in [1.54, 1.807) is 30.5 Å². The smallest absolute Gasteiger partial charge is 0.261 e. The van der Waals surface area contributed by atoms with E-state index in [1.807, 2.05) is 6.20 Å². The number of piperidine rings is 1. The summed E-state index contributed by atoms with van der Waals surface area (Å²) in [5.74, 6) is -1.17. The lowest BCUT2D eigenvalue weighted by Crippen LogP contribution is -2.36. The van der Waals surface area contributed by atoms with Crippen LogP contribution in [-0.2, 0) is 13.1 Å². The topological polar surface area (TPSA) is 95.5 Å². The maximum atomic E-state index is 12.9. The summed E-state index contributed by atoms with van der Waals surface area (Å²) in [6.07, 6.45) is 7.12. The third-order valence-corrected chi connectivity index (χ3v) is 7.25. The summed E-state index contributed by atoms with van der Waals surface area (Å²) in [6, 6.07) is 10.5. The number of imide groups is 1. The van der Waals surface area contributed by atoms with Gasteiger partial charge in [0.15, 0.2) is 5.13 Å². The predicted molar refractivity (Wildman–Crippen MR) is 129 cm³/mol. The summed E-state index contributed by atoms with van der Waals surface area (Å²) in [6.45, 7) is 4.25. The number of thiazole rings is 1. The molecular weight excluding hydrogens is 450 g/mol. The van der Waals surface area contributed by atoms with Crippen molar-refractivity contribution >= 4 is 34.2 Å². The second-order valence-electron chi connectivity index (χ2n) is 8.68. The highest BCUT2D eigenvalue weighted by molar-refractivity contribution is 7.15. The molecule has 3 amide bonds. The molecule has 9 heteroatoms. The zero-order valence-corrected chi connectivity index (χ0v) is 19.7. The number of carbonyl (C=O) groups excluding carboxylic acids is 3. The lowest BCUT2D eigenvalue weighted by molar-refractivity contribution is 0.0640. The Hall–Kier alpha value is -3.43. The number of amides is 3. The molecule has 34 heavy (non-hydrogen) atoms. The maximum Gasteiger partial charge on any atom is 0.261 e. The second kappa shape index (κ2) is 9.44. The summed E-state index contributed by atoms with van der Waals surface area (Å²) < 4.78 is 0. The van der Waals surface area contributed by atoms with E-state index in [0.717, 1.165) is 22.9 Å². The molecule has 3 aromatic rings. The Morgan fingerprint density at radius 2 is 1.94 bits per heavy atom. The minimum atomic E-state index is -0.424. The molecule has 0 spiro atoms. The van der Waals surface area contributed by atoms with Gasteiger partial charge in [0.25, 0.3) is 17.7 Å². The minimum Gasteiger partial charge on any atom is -0.298 e. The van der Waals surface area contributed by atoms with Crippen molar-refractivity contribution < 1.29 is 14.4 Å². The number of nitrogens with one attached hydrogen (secondary N) is 1. The lowest BCUT2D eigenvalue weighted by atomic mass is 10.0. The van der Waals surface area contributed by atoms with Crippen molar-refractivity contribution in [1.29, 1.82) is 0 Å². The standard InChI is InChI=1S/C25H25N5O3S/c1-16-6-3-5-11-29(16)15-19-13-27-25(34-19)28-22(31)17-8-9-20-21(12-17)24(33)30(23(20)32)14-18-7-2-4-10-26-18/h2,4,7-10,12-13,16H,3,5-6,11,14-15H2,1H3,(H,27,28,31). The summed E-state index contributed by atoms with van der Waals surface area (Å²) in [4.78, 5) is 51.7. The zero-order valence-electron chi connectivity index (χ0n) is 18.9. The molecule has 1 atom stereocenters. The monoisotopic (exact) mass is 475 g/mol. The predicted octanol–water partition coefficient (Wildman–Crippen LogP) is 3.96. The first-order valence-electron chi connectivity index (χ1n) is 11.4. The van der Waals surface area contributed by atoms with E-state index in [-0.39, 0.29) is 23.9 Å². The van der Waals surface area contributed by atoms with Gasteiger partial charge in [-0.1, -0.05) is 12.5 Å². The molecule has 1 unspecified atom stereocenters. The molecule has 0 saturated carbocycles. The molecule has 1 aromatic carbocycles. The molecule has 1 fully saturated rings. The molecule has 1 N–H and O–H groups in total. The van der Waals surface area contributed by atoms with Crippen LogP contribution in [-0.4, -0.2) is 50.1 Å². The first-order chi connectivity index (χ1) is 16.5. The number of nitrogens with zero attached hydrogens (tertiary/aromatic N) is 4. The van der Waals surface area contributed by atoms with Gasteiger partial charge >= 0.3 is 0 Å². The number of hydrogen-bond acceptors (Lipinski definition) is 7. The first kappa shape index (κ1) is 22.4. The van der Waals surface area contributed by atoms with Gasteiger partial charge in [-0.3, -0.25) is 34.5 Å². The van der Waals surface area contributed by atoms with Crippen LogP contribution < -0.4 is 5.32 Å². The zero-order chi connectivity index (χ0) is 23.7. The molecule has 0 aliphatic carbocycles. The lowest BCUT2D eigenvalue weighted by Gasteiger charge is -2.32. The molecule has 2 aromatic heterocycles. The van der Waals surface area contributed by atoms with Crippen molar-refractivity contribution in [1.82, 2.24) is 19.8 Å². The fourth-order valence-corrected chi connectivity index (χ4v) is 5.26. The molecule has 0 bridgehead atoms. The van der Waals surface area contributed by atoms with Crippen LogP contribution in [0.2, 0.25) is 0 Å². The van der Waals surface area contributed by atoms with Crippen LogP contribution >= 0.6 is 11.3 Å². The van der Waals surface area contributed by atoms with E-state index < -0.39 is 5.91 Å². The number of benzene rings is 1. The van der Waals surface area contributed by atoms with E-state index in [1.165, 1.54) is 42.7 Å². The van der Waals surface area contributed by atoms with Crippen molar-refractivity contribution in [3.8, 4) is 0 Å². The van der Waals surface area contributed by atoms with E-state index >= 15 is 0 Å². The van der Waals surface area contributed by atoms with Gasteiger partial charge in [-0.05, 0) is 56.6 Å². The average Bonchev–Trinajstić information content (AvgIpc) is 3.38. The Bertz CT molecular complexity index is 1240. The molecule has 2 aliphatic rings. The van der Waals surface area contributed by atoms with E-state index in [9.17, 15) is 14.4 Å². The summed E-state index contributed by atoms with van der Waals surface area (Å²) in [7, 11) is 0. The molecule has 1 saturated heterocycles. The van der Waals surface area contributed by atoms with Crippen molar-refractivity contribution in [2.24, 2.45) is 0 Å². The number of pyridine rings is 1. The molecule has 8 nitrogen and oxygen atoms in total. The number of likely N-dealkylation sites (tertiary alicyclic amines) is 1. The summed E-state index contributed by atoms with van der Waals surface area (Å²) in [5.41, 5.74) is 1.45. The van der Waals surface area contributed by atoms with Crippen LogP contribution in [0.25, 0.3) is 0 Å². The van der Waals surface area contributed by atoms with Crippen LogP contribution in [0.3, 0.4) is 0 Å². The van der Waals surface area contributed by atoms with Crippen LogP contribution in [0.15, 0.2) is 48.8 Å². The van der Waals surface area contributed by atoms with Crippen LogP contribution in [0.4, 0.5) is 5.13 Å². The quantitative estimate of drug-likeness (QED) is 0.542. The number of fused-ring (bicyclic) bond motifs is 1. The maximum absolute atomic E-state index is 12.9. The number of carbonyl (C=O) groups is 3. The highest BCUT2D eigenvalue weighted by atomic mass is 32.1. The van der Waals surface area contributed by atoms with Crippen molar-refractivity contribution in [3.05, 3.63) is 76.1 Å². The third kappa shape index (κ3) is 4.49. The highest BCUT2D eigenvalue weighted by Gasteiger charge is 2.36. The Balaban J connectivity index is 1.26. The third-order valence-electron chi connectivity index (χ3n) is 6.35. The second-order valence-corrected chi connectivity index (χ2v) is 9.79. The summed E-state index contributed by atoms with van der Waals surface area (Å²) in [5, 5.41) is 3.34. The Morgan fingerprint density at radius 3 is 2.74 bits per heavy atom. The van der Waals surface area contributed by atoms with Gasteiger partial charge in [0.2, 0.25) is 0 Å². The number of aromatic nitrogens is 2. The molecule has 0 radical (unpaired) electrons. The van der Waals surface area contributed by atoms with E-state index in [2.05, 4.69) is 27.1 Å². The summed E-state index contributed by atoms with van der Waals surface area (Å²) >= 11 is 1.46. The van der Waals surface area contributed by atoms with Gasteiger partial charge in [-0.2, -0.15) is 0 Å². The van der Waals surface area contributed by atoms with E-state index in [4.69, 9.17) is 0 Å². The van der Waals surface area contributed by atoms with Crippen molar-refractivity contribution in [2.75, 3.05) is 11.9 Å². The van der Waals surface area contributed by atoms with Gasteiger partial charge in [-0.25, -0.2) is 4.98 Å². The molecule has 4 heterocycles.